The van der Waals surface area contributed by atoms with Crippen molar-refractivity contribution in [2.45, 2.75) is 12.8 Å². The third-order valence-electron chi connectivity index (χ3n) is 3.88. The first-order valence-electron chi connectivity index (χ1n) is 7.61. The summed E-state index contributed by atoms with van der Waals surface area (Å²) in [6.07, 6.45) is 0.320. The molecule has 1 aliphatic rings. The van der Waals surface area contributed by atoms with Crippen LogP contribution in [0.15, 0.2) is 42.5 Å². The van der Waals surface area contributed by atoms with Crippen LogP contribution < -0.4 is 10.2 Å². The van der Waals surface area contributed by atoms with Gasteiger partial charge in [-0.1, -0.05) is 0 Å². The molecule has 1 aliphatic heterocycles. The Morgan fingerprint density at radius 2 is 1.69 bits per heavy atom. The van der Waals surface area contributed by atoms with Gasteiger partial charge in [0, 0.05) is 30.5 Å². The normalized spacial score (nSPS) is 13.8. The Kier molecular flexibility index (Phi) is 4.36. The number of rotatable bonds is 4. The van der Waals surface area contributed by atoms with Crippen molar-refractivity contribution in [3.05, 3.63) is 58.1 Å². The maximum Gasteiger partial charge on any atom is 0.271 e. The van der Waals surface area contributed by atoms with Crippen molar-refractivity contribution in [3.63, 3.8) is 0 Å². The van der Waals surface area contributed by atoms with Gasteiger partial charge in [-0.2, -0.15) is 0 Å². The SMILES string of the molecule is O=C(Nc1cc([N+](=O)[O-])ccc1O)c1ccc(N2C(=O)CCC2=O)cc1. The smallest absolute Gasteiger partial charge is 0.271 e. The highest BCUT2D eigenvalue weighted by Gasteiger charge is 2.30. The summed E-state index contributed by atoms with van der Waals surface area (Å²) in [5.74, 6) is -1.51. The highest BCUT2D eigenvalue weighted by Crippen LogP contribution is 2.28. The lowest BCUT2D eigenvalue weighted by atomic mass is 10.1. The molecule has 1 fully saturated rings. The Morgan fingerprint density at radius 1 is 1.08 bits per heavy atom. The number of nitro benzene ring substituents is 1. The second kappa shape index (κ2) is 6.63. The number of nitrogens with one attached hydrogen (secondary N) is 1. The van der Waals surface area contributed by atoms with Gasteiger partial charge in [-0.25, -0.2) is 0 Å². The molecule has 9 nitrogen and oxygen atoms in total. The van der Waals surface area contributed by atoms with Crippen molar-refractivity contribution in [2.75, 3.05) is 10.2 Å². The summed E-state index contributed by atoms with van der Waals surface area (Å²) < 4.78 is 0. The van der Waals surface area contributed by atoms with Crippen molar-refractivity contribution in [3.8, 4) is 5.75 Å². The Morgan fingerprint density at radius 3 is 2.27 bits per heavy atom. The minimum atomic E-state index is -0.645. The van der Waals surface area contributed by atoms with Crippen LogP contribution in [-0.2, 0) is 9.59 Å². The third kappa shape index (κ3) is 3.22. The summed E-state index contributed by atoms with van der Waals surface area (Å²) in [5.41, 5.74) is 0.184. The number of phenols is 1. The van der Waals surface area contributed by atoms with Crippen LogP contribution >= 0.6 is 0 Å². The molecule has 2 aromatic rings. The van der Waals surface area contributed by atoms with E-state index in [2.05, 4.69) is 5.32 Å². The Hall–Kier alpha value is -3.75. The van der Waals surface area contributed by atoms with E-state index in [-0.39, 0.29) is 47.3 Å². The second-order valence-corrected chi connectivity index (χ2v) is 5.58. The first-order chi connectivity index (χ1) is 12.4. The number of imide groups is 1. The Balaban J connectivity index is 1.79. The molecule has 0 bridgehead atoms. The molecule has 1 saturated heterocycles. The molecule has 0 unspecified atom stereocenters. The van der Waals surface area contributed by atoms with Crippen LogP contribution in [0, 0.1) is 10.1 Å². The van der Waals surface area contributed by atoms with Crippen molar-refractivity contribution in [1.82, 2.24) is 0 Å². The average Bonchev–Trinajstić information content (AvgIpc) is 2.95. The highest BCUT2D eigenvalue weighted by atomic mass is 16.6. The van der Waals surface area contributed by atoms with E-state index in [1.165, 1.54) is 24.3 Å². The number of benzene rings is 2. The van der Waals surface area contributed by atoms with E-state index in [0.717, 1.165) is 23.1 Å². The van der Waals surface area contributed by atoms with E-state index in [1.807, 2.05) is 0 Å². The number of nitrogens with zero attached hydrogens (tertiary/aromatic N) is 2. The lowest BCUT2D eigenvalue weighted by molar-refractivity contribution is -0.384. The van der Waals surface area contributed by atoms with E-state index >= 15 is 0 Å². The van der Waals surface area contributed by atoms with Crippen molar-refractivity contribution < 1.29 is 24.4 Å². The van der Waals surface area contributed by atoms with E-state index < -0.39 is 10.8 Å². The van der Waals surface area contributed by atoms with Crippen LogP contribution in [0.2, 0.25) is 0 Å². The molecule has 0 spiro atoms. The molecule has 0 saturated carbocycles. The molecule has 2 aromatic carbocycles. The van der Waals surface area contributed by atoms with Gasteiger partial charge < -0.3 is 10.4 Å². The summed E-state index contributed by atoms with van der Waals surface area (Å²) in [5, 5.41) is 22.9. The number of aromatic hydroxyl groups is 1. The van der Waals surface area contributed by atoms with Crippen LogP contribution in [0.1, 0.15) is 23.2 Å². The molecule has 0 atom stereocenters. The molecule has 9 heteroatoms. The van der Waals surface area contributed by atoms with Gasteiger partial charge >= 0.3 is 0 Å². The van der Waals surface area contributed by atoms with Gasteiger partial charge in [0.2, 0.25) is 11.8 Å². The molecular weight excluding hydrogens is 342 g/mol. The molecule has 26 heavy (non-hydrogen) atoms. The van der Waals surface area contributed by atoms with Gasteiger partial charge in [-0.15, -0.1) is 0 Å². The van der Waals surface area contributed by atoms with E-state index in [0.29, 0.717) is 5.69 Å². The number of hydrogen-bond acceptors (Lipinski definition) is 6. The number of amides is 3. The van der Waals surface area contributed by atoms with Crippen LogP contribution in [0.5, 0.6) is 5.75 Å². The number of hydrogen-bond donors (Lipinski definition) is 2. The zero-order valence-electron chi connectivity index (χ0n) is 13.3. The molecule has 0 radical (unpaired) electrons. The van der Waals surface area contributed by atoms with Crippen molar-refractivity contribution in [2.24, 2.45) is 0 Å². The first-order valence-corrected chi connectivity index (χ1v) is 7.61. The molecule has 2 N–H and O–H groups in total. The zero-order chi connectivity index (χ0) is 18.8. The molecule has 3 rings (SSSR count). The fourth-order valence-corrected chi connectivity index (χ4v) is 2.56. The largest absolute Gasteiger partial charge is 0.506 e. The summed E-state index contributed by atoms with van der Waals surface area (Å²) >= 11 is 0. The number of nitro groups is 1. The number of carbonyl (C=O) groups is 3. The minimum Gasteiger partial charge on any atom is -0.506 e. The lowest BCUT2D eigenvalue weighted by Crippen LogP contribution is -2.28. The van der Waals surface area contributed by atoms with Crippen LogP contribution in [0.3, 0.4) is 0 Å². The maximum atomic E-state index is 12.3. The van der Waals surface area contributed by atoms with E-state index in [1.54, 1.807) is 0 Å². The summed E-state index contributed by atoms with van der Waals surface area (Å²) in [7, 11) is 0. The van der Waals surface area contributed by atoms with Gasteiger partial charge in [-0.3, -0.25) is 29.4 Å². The van der Waals surface area contributed by atoms with Crippen molar-refractivity contribution in [1.29, 1.82) is 0 Å². The summed E-state index contributed by atoms with van der Waals surface area (Å²) in [6.45, 7) is 0. The molecule has 0 aromatic heterocycles. The standard InChI is InChI=1S/C17H13N3O6/c21-14-6-5-12(20(25)26)9-13(14)18-17(24)10-1-3-11(4-2-10)19-15(22)7-8-16(19)23/h1-6,9,21H,7-8H2,(H,18,24). The van der Waals surface area contributed by atoms with Crippen LogP contribution in [0.4, 0.5) is 17.1 Å². The predicted octanol–water partition coefficient (Wildman–Crippen LogP) is 2.21. The van der Waals surface area contributed by atoms with E-state index in [9.17, 15) is 29.6 Å². The average molecular weight is 355 g/mol. The Bertz CT molecular complexity index is 907. The number of non-ortho nitro benzene ring substituents is 1. The number of anilines is 2. The van der Waals surface area contributed by atoms with Crippen LogP contribution in [-0.4, -0.2) is 27.8 Å². The topological polar surface area (TPSA) is 130 Å². The van der Waals surface area contributed by atoms with Gasteiger partial charge in [0.05, 0.1) is 16.3 Å². The monoisotopic (exact) mass is 355 g/mol. The molecular formula is C17H13N3O6. The number of carbonyl (C=O) groups excluding carboxylic acids is 3. The third-order valence-corrected chi connectivity index (χ3v) is 3.88. The summed E-state index contributed by atoms with van der Waals surface area (Å²) in [6, 6.07) is 9.02. The highest BCUT2D eigenvalue weighted by molar-refractivity contribution is 6.20. The molecule has 1 heterocycles. The van der Waals surface area contributed by atoms with E-state index in [4.69, 9.17) is 0 Å². The van der Waals surface area contributed by atoms with Gasteiger partial charge in [0.1, 0.15) is 5.75 Å². The molecule has 132 valence electrons. The maximum absolute atomic E-state index is 12.3. The minimum absolute atomic E-state index is 0.0989. The fourth-order valence-electron chi connectivity index (χ4n) is 2.56. The van der Waals surface area contributed by atoms with Gasteiger partial charge in [-0.05, 0) is 30.3 Å². The Labute approximate surface area is 147 Å². The van der Waals surface area contributed by atoms with Gasteiger partial charge in [0.15, 0.2) is 0 Å². The molecule has 3 amide bonds. The van der Waals surface area contributed by atoms with Gasteiger partial charge in [0.25, 0.3) is 11.6 Å². The fraction of sp³-hybridized carbons (Fsp3) is 0.118. The first kappa shape index (κ1) is 17.1. The lowest BCUT2D eigenvalue weighted by Gasteiger charge is -2.14. The van der Waals surface area contributed by atoms with Crippen LogP contribution in [0.25, 0.3) is 0 Å². The second-order valence-electron chi connectivity index (χ2n) is 5.58. The molecule has 0 aliphatic carbocycles. The summed E-state index contributed by atoms with van der Waals surface area (Å²) in [4.78, 5) is 46.9. The van der Waals surface area contributed by atoms with Crippen molar-refractivity contribution >= 4 is 34.8 Å². The zero-order valence-corrected chi connectivity index (χ0v) is 13.3. The predicted molar refractivity (Wildman–Crippen MR) is 90.9 cm³/mol. The quantitative estimate of drug-likeness (QED) is 0.374. The number of phenolic OH excluding ortho intramolecular Hbond substituents is 1.